The molecule has 5 aliphatic rings. The van der Waals surface area contributed by atoms with E-state index < -0.39 is 12.1 Å². The standard InChI is InChI=1S/C35H60N4O4/c1-2-36-31-22-25-12-8-16-28(20-25)43-29-17-9-13-26(21-29)23-32(35(42)37-27-14-6-7-15-27)39-33(40)30(38-34(31)41)19-18-24-10-4-3-5-11-24/h24-32,36H,2-23H2,1H3,(H,37,42)(H,38,41)(H,39,40)/t25?,26?,28?,29?,30-,31-,32-/m0/s1. The predicted molar refractivity (Wildman–Crippen MR) is 169 cm³/mol. The van der Waals surface area contributed by atoms with Crippen molar-refractivity contribution in [1.82, 2.24) is 21.3 Å². The van der Waals surface area contributed by atoms with Gasteiger partial charge in [0.2, 0.25) is 17.7 Å². The van der Waals surface area contributed by atoms with E-state index in [0.717, 1.165) is 89.9 Å². The molecule has 0 aromatic heterocycles. The minimum absolute atomic E-state index is 0.0533. The van der Waals surface area contributed by atoms with Crippen LogP contribution in [0.5, 0.6) is 0 Å². The smallest absolute Gasteiger partial charge is 0.243 e. The van der Waals surface area contributed by atoms with Gasteiger partial charge in [0.1, 0.15) is 12.1 Å². The van der Waals surface area contributed by atoms with E-state index in [-0.39, 0.29) is 42.0 Å². The molecule has 3 amide bonds. The third-order valence-corrected chi connectivity index (χ3v) is 11.3. The first-order valence-electron chi connectivity index (χ1n) is 18.3. The molecule has 1 heterocycles. The zero-order valence-electron chi connectivity index (χ0n) is 26.9. The molecule has 8 heteroatoms. The lowest BCUT2D eigenvalue weighted by molar-refractivity contribution is -0.134. The largest absolute Gasteiger partial charge is 0.375 e. The molecule has 4 N–H and O–H groups in total. The van der Waals surface area contributed by atoms with Crippen molar-refractivity contribution in [2.24, 2.45) is 17.8 Å². The van der Waals surface area contributed by atoms with Gasteiger partial charge in [-0.25, -0.2) is 0 Å². The van der Waals surface area contributed by atoms with Gasteiger partial charge in [-0.3, -0.25) is 14.4 Å². The second kappa shape index (κ2) is 16.6. The summed E-state index contributed by atoms with van der Waals surface area (Å²) in [6.45, 7) is 2.75. The Kier molecular flexibility index (Phi) is 12.6. The predicted octanol–water partition coefficient (Wildman–Crippen LogP) is 5.28. The quantitative estimate of drug-likeness (QED) is 0.318. The van der Waals surface area contributed by atoms with Crippen LogP contribution in [0.25, 0.3) is 0 Å². The van der Waals surface area contributed by atoms with Crippen LogP contribution in [0.1, 0.15) is 142 Å². The number of nitrogens with one attached hydrogen (secondary N) is 4. The molecule has 7 atom stereocenters. The van der Waals surface area contributed by atoms with E-state index >= 15 is 0 Å². The molecule has 5 rings (SSSR count). The summed E-state index contributed by atoms with van der Waals surface area (Å²) in [5, 5.41) is 13.1. The Morgan fingerprint density at radius 2 is 1.37 bits per heavy atom. The van der Waals surface area contributed by atoms with Crippen molar-refractivity contribution in [3.8, 4) is 0 Å². The van der Waals surface area contributed by atoms with Crippen LogP contribution in [-0.4, -0.2) is 60.6 Å². The van der Waals surface area contributed by atoms with Crippen LogP contribution in [0, 0.1) is 17.8 Å². The first-order valence-corrected chi connectivity index (χ1v) is 18.3. The maximum atomic E-state index is 14.0. The number of amides is 3. The van der Waals surface area contributed by atoms with E-state index in [1.807, 2.05) is 6.92 Å². The van der Waals surface area contributed by atoms with Crippen LogP contribution in [0.2, 0.25) is 0 Å². The molecule has 4 unspecified atom stereocenters. The van der Waals surface area contributed by atoms with E-state index in [1.165, 1.54) is 32.1 Å². The van der Waals surface area contributed by atoms with Crippen LogP contribution in [0.4, 0.5) is 0 Å². The van der Waals surface area contributed by atoms with Gasteiger partial charge in [0.15, 0.2) is 0 Å². The molecule has 0 aromatic rings. The van der Waals surface area contributed by atoms with Crippen LogP contribution in [0.15, 0.2) is 0 Å². The summed E-state index contributed by atoms with van der Waals surface area (Å²) in [6, 6.07) is -1.32. The molecule has 1 saturated heterocycles. The van der Waals surface area contributed by atoms with Gasteiger partial charge in [0, 0.05) is 6.04 Å². The first-order chi connectivity index (χ1) is 21.0. The van der Waals surface area contributed by atoms with Crippen molar-refractivity contribution in [3.05, 3.63) is 0 Å². The zero-order chi connectivity index (χ0) is 30.0. The molecule has 5 fully saturated rings. The molecule has 43 heavy (non-hydrogen) atoms. The fourth-order valence-corrected chi connectivity index (χ4v) is 8.92. The van der Waals surface area contributed by atoms with Gasteiger partial charge in [0.25, 0.3) is 0 Å². The second-order valence-corrected chi connectivity index (χ2v) is 14.7. The Morgan fingerprint density at radius 1 is 0.721 bits per heavy atom. The Labute approximate surface area is 260 Å². The zero-order valence-corrected chi connectivity index (χ0v) is 26.9. The van der Waals surface area contributed by atoms with E-state index in [9.17, 15) is 14.4 Å². The highest BCUT2D eigenvalue weighted by atomic mass is 16.5. The Balaban J connectivity index is 1.36. The number of carbonyl (C=O) groups excluding carboxylic acids is 3. The fourth-order valence-electron chi connectivity index (χ4n) is 8.92. The summed E-state index contributed by atoms with van der Waals surface area (Å²) in [7, 11) is 0. The number of hydrogen-bond donors (Lipinski definition) is 4. The number of hydrogen-bond acceptors (Lipinski definition) is 5. The highest BCUT2D eigenvalue weighted by Crippen LogP contribution is 2.35. The average Bonchev–Trinajstić information content (AvgIpc) is 3.52. The summed E-state index contributed by atoms with van der Waals surface area (Å²) in [6.07, 6.45) is 22.6. The van der Waals surface area contributed by atoms with Gasteiger partial charge in [-0.15, -0.1) is 0 Å². The van der Waals surface area contributed by atoms with E-state index in [4.69, 9.17) is 4.74 Å². The molecule has 4 bridgehead atoms. The Morgan fingerprint density at radius 3 is 2.05 bits per heavy atom. The molecular formula is C35H60N4O4. The van der Waals surface area contributed by atoms with Gasteiger partial charge in [-0.1, -0.05) is 77.6 Å². The van der Waals surface area contributed by atoms with Gasteiger partial charge in [-0.2, -0.15) is 0 Å². The number of ether oxygens (including phenoxy) is 1. The second-order valence-electron chi connectivity index (χ2n) is 14.7. The molecule has 4 aliphatic carbocycles. The van der Waals surface area contributed by atoms with E-state index in [1.54, 1.807) is 0 Å². The number of likely N-dealkylation sites (N-methyl/N-ethyl adjacent to an activating group) is 1. The summed E-state index contributed by atoms with van der Waals surface area (Å²) in [5.74, 6) is 1.08. The minimum Gasteiger partial charge on any atom is -0.375 e. The summed E-state index contributed by atoms with van der Waals surface area (Å²) >= 11 is 0. The molecule has 0 aromatic carbocycles. The molecule has 244 valence electrons. The fraction of sp³-hybridized carbons (Fsp3) is 0.914. The Hall–Kier alpha value is -1.67. The average molecular weight is 601 g/mol. The lowest BCUT2D eigenvalue weighted by Gasteiger charge is -2.37. The highest BCUT2D eigenvalue weighted by Gasteiger charge is 2.36. The van der Waals surface area contributed by atoms with Gasteiger partial charge in [-0.05, 0) is 88.5 Å². The number of carbonyl (C=O) groups is 3. The van der Waals surface area contributed by atoms with Crippen molar-refractivity contribution in [2.75, 3.05) is 6.54 Å². The van der Waals surface area contributed by atoms with Crippen molar-refractivity contribution in [1.29, 1.82) is 0 Å². The molecule has 1 aliphatic heterocycles. The molecular weight excluding hydrogens is 540 g/mol. The summed E-state index contributed by atoms with van der Waals surface area (Å²) < 4.78 is 6.74. The maximum Gasteiger partial charge on any atom is 0.243 e. The number of rotatable bonds is 7. The third kappa shape index (κ3) is 9.91. The monoisotopic (exact) mass is 600 g/mol. The first kappa shape index (κ1) is 32.7. The van der Waals surface area contributed by atoms with Gasteiger partial charge < -0.3 is 26.0 Å². The van der Waals surface area contributed by atoms with Gasteiger partial charge in [0.05, 0.1) is 18.2 Å². The lowest BCUT2D eigenvalue weighted by atomic mass is 9.81. The summed E-state index contributed by atoms with van der Waals surface area (Å²) in [5.41, 5.74) is 0. The lowest BCUT2D eigenvalue weighted by Crippen LogP contribution is -2.57. The van der Waals surface area contributed by atoms with Crippen molar-refractivity contribution >= 4 is 17.7 Å². The maximum absolute atomic E-state index is 14.0. The van der Waals surface area contributed by atoms with Crippen LogP contribution < -0.4 is 21.3 Å². The minimum atomic E-state index is -0.619. The topological polar surface area (TPSA) is 109 Å². The normalized spacial score (nSPS) is 35.6. The van der Waals surface area contributed by atoms with Crippen LogP contribution in [0.3, 0.4) is 0 Å². The van der Waals surface area contributed by atoms with Crippen LogP contribution in [-0.2, 0) is 19.1 Å². The molecule has 8 nitrogen and oxygen atoms in total. The highest BCUT2D eigenvalue weighted by molar-refractivity contribution is 5.93. The number of fused-ring (bicyclic) bond motifs is 4. The Bertz CT molecular complexity index is 902. The van der Waals surface area contributed by atoms with Crippen LogP contribution >= 0.6 is 0 Å². The van der Waals surface area contributed by atoms with Crippen molar-refractivity contribution in [2.45, 2.75) is 178 Å². The van der Waals surface area contributed by atoms with Crippen molar-refractivity contribution < 1.29 is 19.1 Å². The molecule has 0 radical (unpaired) electrons. The third-order valence-electron chi connectivity index (χ3n) is 11.3. The van der Waals surface area contributed by atoms with Crippen molar-refractivity contribution in [3.63, 3.8) is 0 Å². The van der Waals surface area contributed by atoms with Gasteiger partial charge >= 0.3 is 0 Å². The van der Waals surface area contributed by atoms with E-state index in [0.29, 0.717) is 37.1 Å². The van der Waals surface area contributed by atoms with E-state index in [2.05, 4.69) is 21.3 Å². The molecule has 4 saturated carbocycles. The SMILES string of the molecule is CCN[C@H]1CC2CCCC(C2)OC2CCCC(C2)C[C@@H](C(=O)NC2CCCC2)NC(=O)[C@H](CCC2CCCCC2)NC1=O. The molecule has 0 spiro atoms. The summed E-state index contributed by atoms with van der Waals surface area (Å²) in [4.78, 5) is 41.5.